The van der Waals surface area contributed by atoms with Gasteiger partial charge in [-0.25, -0.2) is 0 Å². The predicted molar refractivity (Wildman–Crippen MR) is 153 cm³/mol. The minimum absolute atomic E-state index is 0.410. The lowest BCUT2D eigenvalue weighted by Gasteiger charge is -2.26. The van der Waals surface area contributed by atoms with Crippen molar-refractivity contribution >= 4 is 0 Å². The van der Waals surface area contributed by atoms with Gasteiger partial charge < -0.3 is 5.32 Å². The number of hydrogen-bond acceptors (Lipinski definition) is 1. The van der Waals surface area contributed by atoms with E-state index in [1.54, 1.807) is 11.1 Å². The van der Waals surface area contributed by atoms with Crippen molar-refractivity contribution in [1.29, 1.82) is 0 Å². The molecule has 0 aromatic carbocycles. The highest BCUT2D eigenvalue weighted by Gasteiger charge is 2.18. The first kappa shape index (κ1) is 31.9. The molecular formula is C32H59N. The molecule has 0 heterocycles. The van der Waals surface area contributed by atoms with Gasteiger partial charge in [-0.15, -0.1) is 0 Å². The third-order valence-electron chi connectivity index (χ3n) is 6.77. The molecule has 0 aliphatic rings. The van der Waals surface area contributed by atoms with Crippen LogP contribution in [0.4, 0.5) is 0 Å². The maximum absolute atomic E-state index is 3.73. The zero-order valence-electron chi connectivity index (χ0n) is 24.3. The molecular weight excluding hydrogens is 398 g/mol. The van der Waals surface area contributed by atoms with Gasteiger partial charge in [-0.1, -0.05) is 74.3 Å². The second kappa shape index (κ2) is 17.4. The van der Waals surface area contributed by atoms with Crippen LogP contribution in [0.1, 0.15) is 133 Å². The Kier molecular flexibility index (Phi) is 16.8. The van der Waals surface area contributed by atoms with Crippen LogP contribution in [0.2, 0.25) is 0 Å². The van der Waals surface area contributed by atoms with Gasteiger partial charge in [0.25, 0.3) is 0 Å². The fourth-order valence-corrected chi connectivity index (χ4v) is 4.03. The van der Waals surface area contributed by atoms with Gasteiger partial charge in [-0.2, -0.15) is 0 Å². The van der Waals surface area contributed by atoms with Gasteiger partial charge in [0, 0.05) is 0 Å². The Balaban J connectivity index is 4.06. The fraction of sp³-hybridized carbons (Fsp3) is 0.750. The number of hydrogen-bond donors (Lipinski definition) is 1. The van der Waals surface area contributed by atoms with Crippen LogP contribution in [0.25, 0.3) is 0 Å². The Morgan fingerprint density at radius 2 is 0.879 bits per heavy atom. The molecule has 0 aromatic rings. The van der Waals surface area contributed by atoms with E-state index in [2.05, 4.69) is 98.9 Å². The minimum Gasteiger partial charge on any atom is -0.317 e. The van der Waals surface area contributed by atoms with Crippen molar-refractivity contribution in [1.82, 2.24) is 5.32 Å². The van der Waals surface area contributed by atoms with Crippen molar-refractivity contribution in [3.05, 3.63) is 46.6 Å². The summed E-state index contributed by atoms with van der Waals surface area (Å²) in [5.74, 6) is 0. The molecule has 0 radical (unpaired) electrons. The van der Waals surface area contributed by atoms with Crippen molar-refractivity contribution in [2.75, 3.05) is 13.1 Å². The SMILES string of the molecule is CC(C)=CCC/C(C)=C/CCC(C)(C)CCNCCC(C)(C)CC/C=C(\C)CCC=C(C)C. The van der Waals surface area contributed by atoms with Crippen LogP contribution in [0.5, 0.6) is 0 Å². The summed E-state index contributed by atoms with van der Waals surface area (Å²) >= 11 is 0. The highest BCUT2D eigenvalue weighted by atomic mass is 14.8. The van der Waals surface area contributed by atoms with E-state index in [9.17, 15) is 0 Å². The van der Waals surface area contributed by atoms with Crippen LogP contribution in [0.15, 0.2) is 46.6 Å². The predicted octanol–water partition coefficient (Wildman–Crippen LogP) is 10.4. The van der Waals surface area contributed by atoms with Gasteiger partial charge in [0.1, 0.15) is 0 Å². The van der Waals surface area contributed by atoms with E-state index in [1.165, 1.54) is 75.4 Å². The lowest BCUT2D eigenvalue weighted by Crippen LogP contribution is -2.26. The Morgan fingerprint density at radius 3 is 1.21 bits per heavy atom. The van der Waals surface area contributed by atoms with Crippen LogP contribution in [0.3, 0.4) is 0 Å². The third kappa shape index (κ3) is 21.2. The molecule has 0 atom stereocenters. The summed E-state index contributed by atoms with van der Waals surface area (Å²) in [6.07, 6.45) is 21.9. The van der Waals surface area contributed by atoms with Gasteiger partial charge in [-0.05, 0) is 130 Å². The first-order valence-corrected chi connectivity index (χ1v) is 13.6. The Bertz CT molecular complexity index is 575. The maximum Gasteiger partial charge on any atom is -0.00438 e. The van der Waals surface area contributed by atoms with Gasteiger partial charge in [-0.3, -0.25) is 0 Å². The molecule has 1 nitrogen and oxygen atoms in total. The van der Waals surface area contributed by atoms with Crippen LogP contribution in [-0.2, 0) is 0 Å². The van der Waals surface area contributed by atoms with Crippen molar-refractivity contribution in [3.63, 3.8) is 0 Å². The topological polar surface area (TPSA) is 12.0 Å². The van der Waals surface area contributed by atoms with E-state index >= 15 is 0 Å². The van der Waals surface area contributed by atoms with E-state index in [0.29, 0.717) is 10.8 Å². The highest BCUT2D eigenvalue weighted by Crippen LogP contribution is 2.28. The van der Waals surface area contributed by atoms with Crippen LogP contribution in [-0.4, -0.2) is 13.1 Å². The van der Waals surface area contributed by atoms with Crippen molar-refractivity contribution < 1.29 is 0 Å². The Morgan fingerprint density at radius 1 is 0.515 bits per heavy atom. The molecule has 0 aromatic heterocycles. The monoisotopic (exact) mass is 457 g/mol. The Labute approximate surface area is 209 Å². The van der Waals surface area contributed by atoms with Crippen LogP contribution < -0.4 is 5.32 Å². The van der Waals surface area contributed by atoms with Crippen molar-refractivity contribution in [2.45, 2.75) is 133 Å². The molecule has 33 heavy (non-hydrogen) atoms. The van der Waals surface area contributed by atoms with Gasteiger partial charge in [0.15, 0.2) is 0 Å². The maximum atomic E-state index is 3.73. The molecule has 192 valence electrons. The van der Waals surface area contributed by atoms with E-state index in [-0.39, 0.29) is 0 Å². The second-order valence-corrected chi connectivity index (χ2v) is 12.4. The fourth-order valence-electron chi connectivity index (χ4n) is 4.03. The molecule has 1 N–H and O–H groups in total. The lowest BCUT2D eigenvalue weighted by atomic mass is 9.83. The van der Waals surface area contributed by atoms with E-state index < -0.39 is 0 Å². The molecule has 0 spiro atoms. The summed E-state index contributed by atoms with van der Waals surface area (Å²) in [4.78, 5) is 0. The quantitative estimate of drug-likeness (QED) is 0.159. The molecule has 1 heteroatoms. The van der Waals surface area contributed by atoms with E-state index in [0.717, 1.165) is 13.1 Å². The highest BCUT2D eigenvalue weighted by molar-refractivity contribution is 5.03. The summed E-state index contributed by atoms with van der Waals surface area (Å²) in [6, 6.07) is 0. The summed E-state index contributed by atoms with van der Waals surface area (Å²) in [5, 5.41) is 3.73. The summed E-state index contributed by atoms with van der Waals surface area (Å²) in [6.45, 7) is 25.3. The van der Waals surface area contributed by atoms with Gasteiger partial charge >= 0.3 is 0 Å². The zero-order valence-corrected chi connectivity index (χ0v) is 24.3. The van der Waals surface area contributed by atoms with Crippen molar-refractivity contribution in [2.24, 2.45) is 10.8 Å². The summed E-state index contributed by atoms with van der Waals surface area (Å²) in [5.41, 5.74) is 6.76. The average Bonchev–Trinajstić information content (AvgIpc) is 2.66. The largest absolute Gasteiger partial charge is 0.317 e. The second-order valence-electron chi connectivity index (χ2n) is 12.4. The zero-order chi connectivity index (χ0) is 25.3. The first-order valence-electron chi connectivity index (χ1n) is 13.6. The molecule has 0 unspecified atom stereocenters. The lowest BCUT2D eigenvalue weighted by molar-refractivity contribution is 0.283. The normalized spacial score (nSPS) is 13.3. The summed E-state index contributed by atoms with van der Waals surface area (Å²) in [7, 11) is 0. The smallest absolute Gasteiger partial charge is 0.00438 e. The van der Waals surface area contributed by atoms with Crippen LogP contribution >= 0.6 is 0 Å². The standard InChI is InChI=1S/C32H59N/c1-27(2)15-11-17-29(5)19-13-21-31(7,8)23-25-33-26-24-32(9,10)22-14-20-30(6)18-12-16-28(3)4/h15-16,19-20,33H,11-14,17-18,21-26H2,1-10H3/b29-19+,30-20+. The molecule has 0 amide bonds. The van der Waals surface area contributed by atoms with Gasteiger partial charge in [0.2, 0.25) is 0 Å². The minimum atomic E-state index is 0.410. The van der Waals surface area contributed by atoms with Crippen LogP contribution in [0, 0.1) is 10.8 Å². The van der Waals surface area contributed by atoms with E-state index in [1.807, 2.05) is 0 Å². The van der Waals surface area contributed by atoms with E-state index in [4.69, 9.17) is 0 Å². The molecule has 0 saturated heterocycles. The molecule has 0 fully saturated rings. The molecule has 0 saturated carbocycles. The first-order chi connectivity index (χ1) is 15.3. The molecule has 0 rings (SSSR count). The number of nitrogens with one attached hydrogen (secondary N) is 1. The third-order valence-corrected chi connectivity index (χ3v) is 6.77. The molecule has 0 bridgehead atoms. The Hall–Kier alpha value is -1.08. The number of rotatable bonds is 18. The van der Waals surface area contributed by atoms with Gasteiger partial charge in [0.05, 0.1) is 0 Å². The molecule has 0 aliphatic carbocycles. The number of allylic oxidation sites excluding steroid dienone is 8. The van der Waals surface area contributed by atoms with Crippen molar-refractivity contribution in [3.8, 4) is 0 Å². The molecule has 0 aliphatic heterocycles. The summed E-state index contributed by atoms with van der Waals surface area (Å²) < 4.78 is 0. The average molecular weight is 458 g/mol.